The zero-order valence-corrected chi connectivity index (χ0v) is 14.1. The van der Waals surface area contributed by atoms with Gasteiger partial charge in [0.2, 0.25) is 0 Å². The van der Waals surface area contributed by atoms with Crippen molar-refractivity contribution in [2.75, 3.05) is 12.4 Å². The summed E-state index contributed by atoms with van der Waals surface area (Å²) in [6, 6.07) is 9.70. The minimum absolute atomic E-state index is 0.0214. The Hall–Kier alpha value is -2.41. The molecule has 2 aromatic rings. The van der Waals surface area contributed by atoms with Gasteiger partial charge in [-0.3, -0.25) is 4.79 Å². The van der Waals surface area contributed by atoms with Crippen LogP contribution in [0, 0.1) is 0 Å². The minimum Gasteiger partial charge on any atom is -0.497 e. The molecule has 0 saturated carbocycles. The van der Waals surface area contributed by atoms with Gasteiger partial charge in [0.05, 0.1) is 17.7 Å². The maximum atomic E-state index is 12.8. The number of methoxy groups -OCH3 is 1. The highest BCUT2D eigenvalue weighted by Gasteiger charge is 2.33. The SMILES string of the molecule is COc1ccc(O[C@@H](C)C(=O)Nc2ccc(Cl)c(C(F)(F)F)c2)cc1. The first kappa shape index (κ1) is 18.9. The van der Waals surface area contributed by atoms with Crippen LogP contribution in [0.2, 0.25) is 5.02 Å². The Balaban J connectivity index is 2.05. The monoisotopic (exact) mass is 373 g/mol. The number of nitrogens with one attached hydrogen (secondary N) is 1. The van der Waals surface area contributed by atoms with Gasteiger partial charge in [-0.15, -0.1) is 0 Å². The number of amides is 1. The molecule has 0 unspecified atom stereocenters. The van der Waals surface area contributed by atoms with Crippen LogP contribution in [0.5, 0.6) is 11.5 Å². The van der Waals surface area contributed by atoms with Crippen LogP contribution in [0.15, 0.2) is 42.5 Å². The van der Waals surface area contributed by atoms with Crippen molar-refractivity contribution in [3.05, 3.63) is 53.1 Å². The zero-order valence-electron chi connectivity index (χ0n) is 13.4. The second-order valence-electron chi connectivity index (χ2n) is 5.12. The van der Waals surface area contributed by atoms with Crippen molar-refractivity contribution in [2.24, 2.45) is 0 Å². The fraction of sp³-hybridized carbons (Fsp3) is 0.235. The molecule has 25 heavy (non-hydrogen) atoms. The number of benzene rings is 2. The van der Waals surface area contributed by atoms with E-state index >= 15 is 0 Å². The van der Waals surface area contributed by atoms with Crippen LogP contribution in [0.3, 0.4) is 0 Å². The molecule has 0 spiro atoms. The molecule has 2 aromatic carbocycles. The van der Waals surface area contributed by atoms with Crippen LogP contribution < -0.4 is 14.8 Å². The standard InChI is InChI=1S/C17H15ClF3NO3/c1-10(25-13-6-4-12(24-2)5-7-13)16(23)22-11-3-8-15(18)14(9-11)17(19,20)21/h3-10H,1-2H3,(H,22,23)/t10-/m0/s1. The number of hydrogen-bond donors (Lipinski definition) is 1. The summed E-state index contributed by atoms with van der Waals surface area (Å²) in [6.07, 6.45) is -5.53. The van der Waals surface area contributed by atoms with Crippen molar-refractivity contribution in [1.82, 2.24) is 0 Å². The first-order chi connectivity index (χ1) is 11.7. The van der Waals surface area contributed by atoms with E-state index in [1.54, 1.807) is 24.3 Å². The molecule has 0 aliphatic rings. The van der Waals surface area contributed by atoms with Crippen molar-refractivity contribution in [1.29, 1.82) is 0 Å². The third-order valence-electron chi connectivity index (χ3n) is 3.28. The average molecular weight is 374 g/mol. The van der Waals surface area contributed by atoms with Gasteiger partial charge >= 0.3 is 6.18 Å². The fourth-order valence-electron chi connectivity index (χ4n) is 1.98. The third kappa shape index (κ3) is 5.03. The lowest BCUT2D eigenvalue weighted by atomic mass is 10.2. The van der Waals surface area contributed by atoms with E-state index in [1.165, 1.54) is 20.1 Å². The van der Waals surface area contributed by atoms with E-state index in [9.17, 15) is 18.0 Å². The number of rotatable bonds is 5. The minimum atomic E-state index is -4.61. The highest BCUT2D eigenvalue weighted by atomic mass is 35.5. The number of carbonyl (C=O) groups excluding carboxylic acids is 1. The van der Waals surface area contributed by atoms with Crippen LogP contribution in [0.25, 0.3) is 0 Å². The van der Waals surface area contributed by atoms with E-state index in [0.29, 0.717) is 11.5 Å². The van der Waals surface area contributed by atoms with Crippen LogP contribution >= 0.6 is 11.6 Å². The number of anilines is 1. The van der Waals surface area contributed by atoms with Gasteiger partial charge in [-0.2, -0.15) is 13.2 Å². The smallest absolute Gasteiger partial charge is 0.417 e. The summed E-state index contributed by atoms with van der Waals surface area (Å²) in [7, 11) is 1.52. The van der Waals surface area contributed by atoms with E-state index in [0.717, 1.165) is 12.1 Å². The Bertz CT molecular complexity index is 748. The van der Waals surface area contributed by atoms with Crippen molar-refractivity contribution >= 4 is 23.2 Å². The van der Waals surface area contributed by atoms with Gasteiger partial charge < -0.3 is 14.8 Å². The molecule has 8 heteroatoms. The summed E-state index contributed by atoms with van der Waals surface area (Å²) in [4.78, 5) is 12.1. The molecule has 1 amide bonds. The van der Waals surface area contributed by atoms with Crippen LogP contribution in [0.1, 0.15) is 12.5 Å². The van der Waals surface area contributed by atoms with Gasteiger partial charge in [0.1, 0.15) is 11.5 Å². The summed E-state index contributed by atoms with van der Waals surface area (Å²) < 4.78 is 49.0. The maximum Gasteiger partial charge on any atom is 0.417 e. The molecular formula is C17H15ClF3NO3. The average Bonchev–Trinajstić information content (AvgIpc) is 2.56. The van der Waals surface area contributed by atoms with E-state index in [1.807, 2.05) is 0 Å². The lowest BCUT2D eigenvalue weighted by molar-refractivity contribution is -0.137. The highest BCUT2D eigenvalue weighted by molar-refractivity contribution is 6.31. The van der Waals surface area contributed by atoms with Crippen LogP contribution in [-0.2, 0) is 11.0 Å². The van der Waals surface area contributed by atoms with Gasteiger partial charge in [0.25, 0.3) is 5.91 Å². The number of alkyl halides is 3. The first-order valence-electron chi connectivity index (χ1n) is 7.19. The lowest BCUT2D eigenvalue weighted by Gasteiger charge is -2.16. The quantitative estimate of drug-likeness (QED) is 0.821. The molecule has 0 radical (unpaired) electrons. The molecule has 0 saturated heterocycles. The number of halogens is 4. The summed E-state index contributed by atoms with van der Waals surface area (Å²) >= 11 is 5.54. The van der Waals surface area contributed by atoms with Crippen molar-refractivity contribution in [3.63, 3.8) is 0 Å². The zero-order chi connectivity index (χ0) is 18.6. The summed E-state index contributed by atoms with van der Waals surface area (Å²) in [6.45, 7) is 1.49. The van der Waals surface area contributed by atoms with E-state index in [-0.39, 0.29) is 5.69 Å². The molecule has 0 aliphatic carbocycles. The van der Waals surface area contributed by atoms with E-state index < -0.39 is 28.8 Å². The molecule has 1 N–H and O–H groups in total. The Labute approximate surface area is 147 Å². The molecule has 2 rings (SSSR count). The molecule has 4 nitrogen and oxygen atoms in total. The molecule has 0 aromatic heterocycles. The van der Waals surface area contributed by atoms with Crippen LogP contribution in [0.4, 0.5) is 18.9 Å². The second-order valence-corrected chi connectivity index (χ2v) is 5.52. The largest absolute Gasteiger partial charge is 0.497 e. The molecule has 0 heterocycles. The predicted molar refractivity (Wildman–Crippen MR) is 88.2 cm³/mol. The van der Waals surface area contributed by atoms with Gasteiger partial charge in [0.15, 0.2) is 6.10 Å². The van der Waals surface area contributed by atoms with Gasteiger partial charge in [-0.05, 0) is 49.4 Å². The topological polar surface area (TPSA) is 47.6 Å². The summed E-state index contributed by atoms with van der Waals surface area (Å²) in [5.74, 6) is 0.465. The molecular weight excluding hydrogens is 359 g/mol. The van der Waals surface area contributed by atoms with Crippen molar-refractivity contribution in [3.8, 4) is 11.5 Å². The molecule has 0 fully saturated rings. The lowest BCUT2D eigenvalue weighted by Crippen LogP contribution is -2.30. The summed E-state index contributed by atoms with van der Waals surface area (Å²) in [5.41, 5.74) is -1.04. The molecule has 0 aliphatic heterocycles. The van der Waals surface area contributed by atoms with Gasteiger partial charge in [0, 0.05) is 5.69 Å². The van der Waals surface area contributed by atoms with Gasteiger partial charge in [-0.1, -0.05) is 11.6 Å². The van der Waals surface area contributed by atoms with E-state index in [2.05, 4.69) is 5.32 Å². The summed E-state index contributed by atoms with van der Waals surface area (Å²) in [5, 5.41) is 1.94. The van der Waals surface area contributed by atoms with Crippen molar-refractivity contribution < 1.29 is 27.4 Å². The first-order valence-corrected chi connectivity index (χ1v) is 7.57. The van der Waals surface area contributed by atoms with Gasteiger partial charge in [-0.25, -0.2) is 0 Å². The van der Waals surface area contributed by atoms with E-state index in [4.69, 9.17) is 21.1 Å². The number of carbonyl (C=O) groups is 1. The van der Waals surface area contributed by atoms with Crippen molar-refractivity contribution in [2.45, 2.75) is 19.2 Å². The number of hydrogen-bond acceptors (Lipinski definition) is 3. The Morgan fingerprint density at radius 1 is 1.12 bits per heavy atom. The Kier molecular flexibility index (Phi) is 5.79. The Morgan fingerprint density at radius 2 is 1.72 bits per heavy atom. The molecule has 134 valence electrons. The van der Waals surface area contributed by atoms with Crippen LogP contribution in [-0.4, -0.2) is 19.1 Å². The predicted octanol–water partition coefficient (Wildman–Crippen LogP) is 4.77. The maximum absolute atomic E-state index is 12.8. The molecule has 1 atom stereocenters. The molecule has 0 bridgehead atoms. The third-order valence-corrected chi connectivity index (χ3v) is 3.61. The number of ether oxygens (including phenoxy) is 2. The normalized spacial score (nSPS) is 12.4. The Morgan fingerprint density at radius 3 is 2.28 bits per heavy atom. The fourth-order valence-corrected chi connectivity index (χ4v) is 2.20. The second kappa shape index (κ2) is 7.65. The highest BCUT2D eigenvalue weighted by Crippen LogP contribution is 2.36.